The largest absolute Gasteiger partial charge is 0.482 e. The topological polar surface area (TPSA) is 70.4 Å². The first-order valence-electron chi connectivity index (χ1n) is 8.40. The Bertz CT molecular complexity index is 1010. The van der Waals surface area contributed by atoms with Gasteiger partial charge in [-0.05, 0) is 44.2 Å². The summed E-state index contributed by atoms with van der Waals surface area (Å²) < 4.78 is 12.7. The van der Waals surface area contributed by atoms with Crippen molar-refractivity contribution >= 4 is 34.4 Å². The van der Waals surface area contributed by atoms with Gasteiger partial charge in [0.25, 0.3) is 0 Å². The van der Waals surface area contributed by atoms with E-state index in [9.17, 15) is 9.59 Å². The smallest absolute Gasteiger partial charge is 0.344 e. The van der Waals surface area contributed by atoms with Gasteiger partial charge in [0.15, 0.2) is 24.3 Å². The van der Waals surface area contributed by atoms with Crippen molar-refractivity contribution in [2.24, 2.45) is 7.05 Å². The van der Waals surface area contributed by atoms with Crippen LogP contribution in [0.3, 0.4) is 0 Å². The number of hydrogen-bond donors (Lipinski definition) is 0. The Morgan fingerprint density at radius 1 is 1.22 bits per heavy atom. The van der Waals surface area contributed by atoms with Gasteiger partial charge in [0.05, 0.1) is 11.0 Å². The van der Waals surface area contributed by atoms with Crippen LogP contribution < -0.4 is 4.74 Å². The van der Waals surface area contributed by atoms with Gasteiger partial charge in [0, 0.05) is 17.6 Å². The molecule has 0 saturated carbocycles. The van der Waals surface area contributed by atoms with Crippen LogP contribution in [0.15, 0.2) is 42.5 Å². The Hall–Kier alpha value is -2.86. The van der Waals surface area contributed by atoms with Crippen LogP contribution in [0.5, 0.6) is 5.75 Å². The van der Waals surface area contributed by atoms with Crippen LogP contribution in [0.25, 0.3) is 11.0 Å². The number of benzene rings is 2. The number of aryl methyl sites for hydroxylation is 1. The lowest BCUT2D eigenvalue weighted by Gasteiger charge is -2.14. The van der Waals surface area contributed by atoms with Crippen LogP contribution in [0, 0.1) is 0 Å². The fourth-order valence-corrected chi connectivity index (χ4v) is 2.95. The molecule has 1 aromatic heterocycles. The highest BCUT2D eigenvalue weighted by molar-refractivity contribution is 6.31. The molecule has 1 atom stereocenters. The highest BCUT2D eigenvalue weighted by Crippen LogP contribution is 2.24. The summed E-state index contributed by atoms with van der Waals surface area (Å²) in [6.07, 6.45) is -0.555. The number of ketones is 1. The fraction of sp³-hybridized carbons (Fsp3) is 0.250. The molecular weight excluding hydrogens is 368 g/mol. The predicted octanol–water partition coefficient (Wildman–Crippen LogP) is 4.11. The summed E-state index contributed by atoms with van der Waals surface area (Å²) in [5.74, 6) is 0.447. The zero-order valence-electron chi connectivity index (χ0n) is 15.2. The first kappa shape index (κ1) is 18.9. The number of ether oxygens (including phenoxy) is 2. The molecule has 0 aliphatic rings. The number of rotatable bonds is 6. The third-order valence-electron chi connectivity index (χ3n) is 4.15. The summed E-state index contributed by atoms with van der Waals surface area (Å²) in [5, 5.41) is 0.595. The van der Waals surface area contributed by atoms with Crippen LogP contribution in [-0.2, 0) is 16.6 Å². The van der Waals surface area contributed by atoms with E-state index in [4.69, 9.17) is 21.1 Å². The number of imidazole rings is 1. The van der Waals surface area contributed by atoms with Gasteiger partial charge in [0.1, 0.15) is 5.75 Å². The van der Waals surface area contributed by atoms with Crippen molar-refractivity contribution in [2.75, 3.05) is 6.61 Å². The lowest BCUT2D eigenvalue weighted by molar-refractivity contribution is -0.151. The van der Waals surface area contributed by atoms with E-state index < -0.39 is 12.1 Å². The molecular formula is C20H19ClN2O4. The molecule has 7 heteroatoms. The Morgan fingerprint density at radius 3 is 2.74 bits per heavy atom. The van der Waals surface area contributed by atoms with Gasteiger partial charge in [0.2, 0.25) is 0 Å². The lowest BCUT2D eigenvalue weighted by Crippen LogP contribution is -2.18. The zero-order valence-corrected chi connectivity index (χ0v) is 16.0. The lowest BCUT2D eigenvalue weighted by atomic mass is 10.1. The highest BCUT2D eigenvalue weighted by Gasteiger charge is 2.19. The van der Waals surface area contributed by atoms with E-state index >= 15 is 0 Å². The molecule has 0 radical (unpaired) electrons. The summed E-state index contributed by atoms with van der Waals surface area (Å²) in [6.45, 7) is 2.96. The third kappa shape index (κ3) is 4.28. The van der Waals surface area contributed by atoms with E-state index in [-0.39, 0.29) is 12.4 Å². The molecule has 0 N–H and O–H groups in total. The summed E-state index contributed by atoms with van der Waals surface area (Å²) in [6, 6.07) is 12.1. The van der Waals surface area contributed by atoms with Crippen LogP contribution in [-0.4, -0.2) is 27.9 Å². The first-order valence-corrected chi connectivity index (χ1v) is 8.78. The SMILES string of the molecule is CC(=O)c1cccc(OCC(=O)O[C@H](C)c2nc3cc(Cl)ccc3n2C)c1. The third-order valence-corrected chi connectivity index (χ3v) is 4.38. The number of fused-ring (bicyclic) bond motifs is 1. The molecule has 6 nitrogen and oxygen atoms in total. The summed E-state index contributed by atoms with van der Waals surface area (Å²) in [5.41, 5.74) is 2.15. The number of aromatic nitrogens is 2. The molecule has 0 spiro atoms. The van der Waals surface area contributed by atoms with E-state index in [0.29, 0.717) is 22.2 Å². The maximum atomic E-state index is 12.1. The Kier molecular flexibility index (Phi) is 5.46. The molecule has 3 aromatic rings. The Labute approximate surface area is 161 Å². The quantitative estimate of drug-likeness (QED) is 0.471. The molecule has 0 unspecified atom stereocenters. The number of Topliss-reactive ketones (excluding diaryl/α,β-unsaturated/α-hetero) is 1. The second-order valence-corrected chi connectivity index (χ2v) is 6.60. The van der Waals surface area contributed by atoms with Crippen LogP contribution in [0.1, 0.15) is 36.1 Å². The van der Waals surface area contributed by atoms with Gasteiger partial charge in [-0.2, -0.15) is 0 Å². The van der Waals surface area contributed by atoms with Crippen molar-refractivity contribution < 1.29 is 19.1 Å². The standard InChI is InChI=1S/C20H19ClN2O4/c1-12(24)14-5-4-6-16(9-14)26-11-19(25)27-13(2)20-22-17-10-15(21)7-8-18(17)23(20)3/h4-10,13H,11H2,1-3H3/t13-/m1/s1. The van der Waals surface area contributed by atoms with Crippen LogP contribution in [0.2, 0.25) is 5.02 Å². The molecule has 1 heterocycles. The molecule has 0 fully saturated rings. The molecule has 2 aromatic carbocycles. The highest BCUT2D eigenvalue weighted by atomic mass is 35.5. The molecule has 0 bridgehead atoms. The van der Waals surface area contributed by atoms with Crippen LogP contribution >= 0.6 is 11.6 Å². The van der Waals surface area contributed by atoms with E-state index in [1.807, 2.05) is 17.7 Å². The Morgan fingerprint density at radius 2 is 2.00 bits per heavy atom. The molecule has 27 heavy (non-hydrogen) atoms. The van der Waals surface area contributed by atoms with Crippen molar-refractivity contribution in [1.29, 1.82) is 0 Å². The number of esters is 1. The average Bonchev–Trinajstić information content (AvgIpc) is 2.96. The normalized spacial score (nSPS) is 12.0. The van der Waals surface area contributed by atoms with E-state index in [1.165, 1.54) is 6.92 Å². The van der Waals surface area contributed by atoms with Gasteiger partial charge < -0.3 is 14.0 Å². The van der Waals surface area contributed by atoms with Crippen molar-refractivity contribution in [2.45, 2.75) is 20.0 Å². The van der Waals surface area contributed by atoms with E-state index in [2.05, 4.69) is 4.98 Å². The molecule has 0 aliphatic carbocycles. The van der Waals surface area contributed by atoms with E-state index in [0.717, 1.165) is 11.0 Å². The second-order valence-electron chi connectivity index (χ2n) is 6.17. The van der Waals surface area contributed by atoms with Gasteiger partial charge in [-0.25, -0.2) is 9.78 Å². The van der Waals surface area contributed by atoms with Crippen molar-refractivity contribution in [3.8, 4) is 5.75 Å². The van der Waals surface area contributed by atoms with Gasteiger partial charge in [-0.1, -0.05) is 23.7 Å². The summed E-state index contributed by atoms with van der Waals surface area (Å²) in [4.78, 5) is 28.0. The fourth-order valence-electron chi connectivity index (χ4n) is 2.79. The maximum absolute atomic E-state index is 12.1. The second kappa shape index (κ2) is 7.80. The predicted molar refractivity (Wildman–Crippen MR) is 102 cm³/mol. The molecule has 0 saturated heterocycles. The minimum absolute atomic E-state index is 0.0707. The van der Waals surface area contributed by atoms with Gasteiger partial charge >= 0.3 is 5.97 Å². The number of hydrogen-bond acceptors (Lipinski definition) is 5. The minimum Gasteiger partial charge on any atom is -0.482 e. The van der Waals surface area contributed by atoms with Crippen molar-refractivity contribution in [3.63, 3.8) is 0 Å². The van der Waals surface area contributed by atoms with E-state index in [1.54, 1.807) is 43.3 Å². The summed E-state index contributed by atoms with van der Waals surface area (Å²) in [7, 11) is 1.85. The van der Waals surface area contributed by atoms with Gasteiger partial charge in [-0.3, -0.25) is 4.79 Å². The van der Waals surface area contributed by atoms with Crippen LogP contribution in [0.4, 0.5) is 0 Å². The average molecular weight is 387 g/mol. The molecule has 140 valence electrons. The molecule has 0 amide bonds. The number of nitrogens with zero attached hydrogens (tertiary/aromatic N) is 2. The maximum Gasteiger partial charge on any atom is 0.344 e. The van der Waals surface area contributed by atoms with Crippen molar-refractivity contribution in [3.05, 3.63) is 58.9 Å². The number of carbonyl (C=O) groups excluding carboxylic acids is 2. The minimum atomic E-state index is -0.555. The molecule has 3 rings (SSSR count). The Balaban J connectivity index is 1.65. The van der Waals surface area contributed by atoms with Gasteiger partial charge in [-0.15, -0.1) is 0 Å². The zero-order chi connectivity index (χ0) is 19.6. The number of halogens is 1. The number of carbonyl (C=O) groups is 2. The molecule has 0 aliphatic heterocycles. The summed E-state index contributed by atoms with van der Waals surface area (Å²) >= 11 is 6.00. The monoisotopic (exact) mass is 386 g/mol. The first-order chi connectivity index (χ1) is 12.8. The van der Waals surface area contributed by atoms with Crippen molar-refractivity contribution in [1.82, 2.24) is 9.55 Å².